The number of hydrogen-bond donors (Lipinski definition) is 1. The molecule has 0 aromatic carbocycles. The highest BCUT2D eigenvalue weighted by molar-refractivity contribution is 5.71. The minimum Gasteiger partial charge on any atom is -0.477 e. The number of nitrogens with zero attached hydrogens (tertiary/aromatic N) is 1. The molecule has 0 spiro atoms. The van der Waals surface area contributed by atoms with Crippen LogP contribution in [-0.4, -0.2) is 87.4 Å². The summed E-state index contributed by atoms with van der Waals surface area (Å²) in [7, 11) is 5.95. The van der Waals surface area contributed by atoms with E-state index < -0.39 is 24.3 Å². The zero-order chi connectivity index (χ0) is 63.3. The van der Waals surface area contributed by atoms with E-state index in [0.29, 0.717) is 23.9 Å². The highest BCUT2D eigenvalue weighted by atomic mass is 16.7. The fourth-order valence-corrected chi connectivity index (χ4v) is 8.28. The van der Waals surface area contributed by atoms with Crippen molar-refractivity contribution in [3.8, 4) is 0 Å². The van der Waals surface area contributed by atoms with Gasteiger partial charge in [0.15, 0.2) is 6.10 Å². The van der Waals surface area contributed by atoms with E-state index in [1.165, 1.54) is 25.7 Å². The highest BCUT2D eigenvalue weighted by Crippen LogP contribution is 2.14. The number of quaternary nitrogens is 1. The number of unbranched alkanes of at least 4 members (excludes halogenated alkanes) is 12. The van der Waals surface area contributed by atoms with Gasteiger partial charge in [0.1, 0.15) is 13.2 Å². The first kappa shape index (κ1) is 81.1. The Kier molecular flexibility index (Phi) is 61.6. The van der Waals surface area contributed by atoms with Crippen LogP contribution in [-0.2, 0) is 33.3 Å². The van der Waals surface area contributed by atoms with Crippen LogP contribution in [0.15, 0.2) is 194 Å². The van der Waals surface area contributed by atoms with Gasteiger partial charge in [-0.05, 0) is 141 Å². The summed E-state index contributed by atoms with van der Waals surface area (Å²) in [6.45, 7) is 4.58. The molecule has 0 aromatic heterocycles. The quantitative estimate of drug-likeness (QED) is 0.0211. The number of carboxylic acids is 1. The molecule has 0 saturated heterocycles. The van der Waals surface area contributed by atoms with Crippen LogP contribution >= 0.6 is 0 Å². The molecule has 0 saturated carbocycles. The second kappa shape index (κ2) is 66.1. The summed E-state index contributed by atoms with van der Waals surface area (Å²) in [4.78, 5) is 37.6. The maximum Gasteiger partial charge on any atom is 0.361 e. The van der Waals surface area contributed by atoms with Gasteiger partial charge in [-0.1, -0.05) is 260 Å². The number of ether oxygens (including phenoxy) is 4. The van der Waals surface area contributed by atoms with E-state index in [1.807, 2.05) is 21.1 Å². The maximum absolute atomic E-state index is 12.9. The average Bonchev–Trinajstić information content (AvgIpc) is 3.59. The molecular weight excluding hydrogens is 1080 g/mol. The first-order valence-corrected chi connectivity index (χ1v) is 33.6. The molecular formula is C78H122NO8+. The Bertz CT molecular complexity index is 2130. The summed E-state index contributed by atoms with van der Waals surface area (Å²) in [5.41, 5.74) is 0. The van der Waals surface area contributed by atoms with Crippen molar-refractivity contribution >= 4 is 17.9 Å². The van der Waals surface area contributed by atoms with Gasteiger partial charge in [-0.2, -0.15) is 0 Å². The molecule has 0 aliphatic heterocycles. The Morgan fingerprint density at radius 3 is 0.920 bits per heavy atom. The van der Waals surface area contributed by atoms with Crippen LogP contribution in [0.5, 0.6) is 0 Å². The largest absolute Gasteiger partial charge is 0.477 e. The average molecular weight is 1200 g/mol. The van der Waals surface area contributed by atoms with Crippen LogP contribution < -0.4 is 0 Å². The second-order valence-electron chi connectivity index (χ2n) is 22.7. The van der Waals surface area contributed by atoms with Crippen molar-refractivity contribution in [2.24, 2.45) is 0 Å². The molecule has 87 heavy (non-hydrogen) atoms. The van der Waals surface area contributed by atoms with Gasteiger partial charge in [0.2, 0.25) is 0 Å². The van der Waals surface area contributed by atoms with Crippen molar-refractivity contribution < 1.29 is 42.9 Å². The van der Waals surface area contributed by atoms with Crippen molar-refractivity contribution in [3.05, 3.63) is 194 Å². The van der Waals surface area contributed by atoms with Gasteiger partial charge in [-0.3, -0.25) is 9.59 Å². The van der Waals surface area contributed by atoms with E-state index in [9.17, 15) is 19.5 Å². The number of allylic oxidation sites excluding steroid dienone is 32. The fraction of sp³-hybridized carbons (Fsp3) is 0.551. The third-order valence-corrected chi connectivity index (χ3v) is 13.3. The summed E-state index contributed by atoms with van der Waals surface area (Å²) < 4.78 is 22.9. The molecule has 0 fully saturated rings. The van der Waals surface area contributed by atoms with Crippen LogP contribution in [0.2, 0.25) is 0 Å². The Labute approximate surface area is 532 Å². The van der Waals surface area contributed by atoms with E-state index in [0.717, 1.165) is 154 Å². The van der Waals surface area contributed by atoms with E-state index in [-0.39, 0.29) is 38.6 Å². The molecule has 0 bridgehead atoms. The van der Waals surface area contributed by atoms with E-state index in [4.69, 9.17) is 18.9 Å². The van der Waals surface area contributed by atoms with Crippen LogP contribution in [0.4, 0.5) is 0 Å². The third kappa shape index (κ3) is 67.5. The van der Waals surface area contributed by atoms with E-state index in [1.54, 1.807) is 0 Å². The van der Waals surface area contributed by atoms with Crippen molar-refractivity contribution in [2.45, 2.75) is 232 Å². The number of rotatable bonds is 59. The lowest BCUT2D eigenvalue weighted by Crippen LogP contribution is -2.40. The van der Waals surface area contributed by atoms with Crippen molar-refractivity contribution in [2.75, 3.05) is 47.5 Å². The molecule has 1 N–H and O–H groups in total. The smallest absolute Gasteiger partial charge is 0.361 e. The number of carbonyl (C=O) groups excluding carboxylic acids is 2. The van der Waals surface area contributed by atoms with Gasteiger partial charge in [-0.25, -0.2) is 4.79 Å². The van der Waals surface area contributed by atoms with Crippen LogP contribution in [0.25, 0.3) is 0 Å². The van der Waals surface area contributed by atoms with Crippen molar-refractivity contribution in [1.29, 1.82) is 0 Å². The Hall–Kier alpha value is -5.87. The molecule has 0 aliphatic rings. The van der Waals surface area contributed by atoms with Gasteiger partial charge < -0.3 is 28.5 Å². The number of hydrogen-bond acceptors (Lipinski definition) is 7. The predicted molar refractivity (Wildman–Crippen MR) is 372 cm³/mol. The third-order valence-electron chi connectivity index (χ3n) is 13.3. The molecule has 0 radical (unpaired) electrons. The molecule has 0 aliphatic carbocycles. The maximum atomic E-state index is 12.9. The second-order valence-corrected chi connectivity index (χ2v) is 22.7. The van der Waals surface area contributed by atoms with E-state index >= 15 is 0 Å². The zero-order valence-corrected chi connectivity index (χ0v) is 55.3. The molecule has 0 heterocycles. The number of aliphatic carboxylic acids is 1. The van der Waals surface area contributed by atoms with Crippen LogP contribution in [0.3, 0.4) is 0 Å². The molecule has 486 valence electrons. The normalized spacial score (nSPS) is 14.0. The number of likely N-dealkylation sites (N-methyl/N-ethyl adjacent to an activating group) is 1. The Morgan fingerprint density at radius 2 is 0.621 bits per heavy atom. The number of esters is 2. The van der Waals surface area contributed by atoms with Gasteiger partial charge in [-0.15, -0.1) is 0 Å². The topological polar surface area (TPSA) is 108 Å². The number of carbonyl (C=O) groups is 3. The van der Waals surface area contributed by atoms with Crippen LogP contribution in [0, 0.1) is 0 Å². The van der Waals surface area contributed by atoms with Crippen LogP contribution in [0.1, 0.15) is 219 Å². The predicted octanol–water partition coefficient (Wildman–Crippen LogP) is 21.0. The first-order chi connectivity index (χ1) is 42.6. The molecule has 2 unspecified atom stereocenters. The fourth-order valence-electron chi connectivity index (χ4n) is 8.28. The Balaban J connectivity index is 4.31. The molecule has 0 amide bonds. The highest BCUT2D eigenvalue weighted by Gasteiger charge is 2.25. The summed E-state index contributed by atoms with van der Waals surface area (Å²) in [5, 5.41) is 9.74. The lowest BCUT2D eigenvalue weighted by atomic mass is 10.1. The van der Waals surface area contributed by atoms with Gasteiger partial charge in [0.05, 0.1) is 34.4 Å². The lowest BCUT2D eigenvalue weighted by molar-refractivity contribution is -0.870. The van der Waals surface area contributed by atoms with E-state index in [2.05, 4.69) is 208 Å². The van der Waals surface area contributed by atoms with Crippen molar-refractivity contribution in [3.63, 3.8) is 0 Å². The standard InChI is InChI=1S/C78H121NO8/c1-6-8-10-12-14-16-18-20-22-24-26-28-30-32-34-36-37-38-39-41-43-45-47-49-51-53-55-57-59-61-63-65-67-69-76(81)87-74(73-86-78(77(82)83)84-71-70-79(3,4)5)72-85-75(80)68-66-64-62-60-58-56-54-52-50-48-46-44-42-40-35-33-31-29-27-25-23-21-19-17-15-13-11-9-7-2/h8-11,14-17,20-23,26-29,32-35,37-38,41-44,47-50,54,56,74,78H,6-7,12-13,18-19,24-25,30-31,36,39-40,45-46,51-53,55,57-73H2,1-5H3/p+1/b10-8-,11-9-,16-14-,17-15-,22-20-,23-21-,28-26-,29-27-,34-32-,35-33-,38-37-,43-41-,44-42-,49-47-,50-48-,56-54-. The van der Waals surface area contributed by atoms with Gasteiger partial charge >= 0.3 is 17.9 Å². The minimum absolute atomic E-state index is 0.170. The van der Waals surface area contributed by atoms with Crippen molar-refractivity contribution in [1.82, 2.24) is 0 Å². The summed E-state index contributed by atoms with van der Waals surface area (Å²) in [6.07, 6.45) is 99.5. The molecule has 9 heteroatoms. The first-order valence-electron chi connectivity index (χ1n) is 33.6. The van der Waals surface area contributed by atoms with Gasteiger partial charge in [0, 0.05) is 12.8 Å². The summed E-state index contributed by atoms with van der Waals surface area (Å²) >= 11 is 0. The zero-order valence-electron chi connectivity index (χ0n) is 55.3. The molecule has 0 aromatic rings. The minimum atomic E-state index is -1.53. The molecule has 9 nitrogen and oxygen atoms in total. The lowest BCUT2D eigenvalue weighted by Gasteiger charge is -2.25. The monoisotopic (exact) mass is 1200 g/mol. The van der Waals surface area contributed by atoms with Gasteiger partial charge in [0.25, 0.3) is 6.29 Å². The SMILES string of the molecule is CC/C=C\C/C=C\C/C=C\C/C=C\C/C=C\C/C=C\C/C=C\C/C=C\CCCCCCCCCCC(=O)OC(COC(=O)CCCCCC/C=C\C/C=C\C/C=C\C/C=C\C/C=C\C/C=C\C/C=C\C/C=C\CC)COC(OCC[N+](C)(C)C)C(=O)O. The summed E-state index contributed by atoms with van der Waals surface area (Å²) in [5.74, 6) is -2.08. The Morgan fingerprint density at radius 1 is 0.345 bits per heavy atom. The summed E-state index contributed by atoms with van der Waals surface area (Å²) in [6, 6.07) is 0. The molecule has 2 atom stereocenters. The molecule has 0 rings (SSSR count). The number of carboxylic acid groups (broad SMARTS) is 1.